The number of benzene rings is 2. The third-order valence-electron chi connectivity index (χ3n) is 2.31. The summed E-state index contributed by atoms with van der Waals surface area (Å²) in [6.45, 7) is 0.353. The molecule has 0 aliphatic carbocycles. The van der Waals surface area contributed by atoms with Crippen molar-refractivity contribution in [2.24, 2.45) is 5.73 Å². The molecule has 2 nitrogen and oxygen atoms in total. The molecular formula is C13H11BrFNO. The van der Waals surface area contributed by atoms with Crippen LogP contribution < -0.4 is 10.5 Å². The lowest BCUT2D eigenvalue weighted by atomic mass is 10.2. The molecule has 4 heteroatoms. The quantitative estimate of drug-likeness (QED) is 0.934. The smallest absolute Gasteiger partial charge is 0.165 e. The normalized spacial score (nSPS) is 10.3. The number of rotatable bonds is 3. The van der Waals surface area contributed by atoms with Gasteiger partial charge in [0.25, 0.3) is 0 Å². The summed E-state index contributed by atoms with van der Waals surface area (Å²) in [6.07, 6.45) is 0. The van der Waals surface area contributed by atoms with Gasteiger partial charge in [0.15, 0.2) is 11.6 Å². The van der Waals surface area contributed by atoms with Crippen molar-refractivity contribution >= 4 is 15.9 Å². The van der Waals surface area contributed by atoms with E-state index in [4.69, 9.17) is 10.5 Å². The largest absolute Gasteiger partial charge is 0.454 e. The van der Waals surface area contributed by atoms with Gasteiger partial charge in [-0.3, -0.25) is 0 Å². The zero-order valence-corrected chi connectivity index (χ0v) is 10.6. The molecule has 0 saturated heterocycles. The van der Waals surface area contributed by atoms with Gasteiger partial charge in [-0.15, -0.1) is 0 Å². The highest BCUT2D eigenvalue weighted by Gasteiger charge is 2.07. The van der Waals surface area contributed by atoms with E-state index in [1.807, 2.05) is 18.2 Å². The molecule has 0 amide bonds. The molecule has 0 saturated carbocycles. The van der Waals surface area contributed by atoms with Crippen LogP contribution in [0.25, 0.3) is 0 Å². The molecule has 0 spiro atoms. The Kier molecular flexibility index (Phi) is 3.76. The van der Waals surface area contributed by atoms with Crippen molar-refractivity contribution in [3.8, 4) is 11.5 Å². The van der Waals surface area contributed by atoms with E-state index in [2.05, 4.69) is 15.9 Å². The second kappa shape index (κ2) is 5.29. The van der Waals surface area contributed by atoms with Crippen LogP contribution in [0.1, 0.15) is 5.56 Å². The SMILES string of the molecule is NCc1ccccc1Oc1cc(Br)ccc1F. The molecule has 0 radical (unpaired) electrons. The van der Waals surface area contributed by atoms with Crippen LogP contribution in [0, 0.1) is 5.82 Å². The van der Waals surface area contributed by atoms with E-state index in [0.717, 1.165) is 10.0 Å². The van der Waals surface area contributed by atoms with Gasteiger partial charge in [0.05, 0.1) is 0 Å². The lowest BCUT2D eigenvalue weighted by Crippen LogP contribution is -1.99. The Morgan fingerprint density at radius 2 is 1.88 bits per heavy atom. The highest BCUT2D eigenvalue weighted by atomic mass is 79.9. The van der Waals surface area contributed by atoms with Gasteiger partial charge in [-0.1, -0.05) is 34.1 Å². The van der Waals surface area contributed by atoms with Crippen LogP contribution in [0.4, 0.5) is 4.39 Å². The molecule has 2 N–H and O–H groups in total. The predicted molar refractivity (Wildman–Crippen MR) is 68.5 cm³/mol. The molecule has 0 bridgehead atoms. The molecule has 0 aliphatic rings. The maximum absolute atomic E-state index is 13.5. The Labute approximate surface area is 107 Å². The third kappa shape index (κ3) is 2.84. The molecule has 0 fully saturated rings. The van der Waals surface area contributed by atoms with Crippen LogP contribution in [-0.2, 0) is 6.54 Å². The first-order chi connectivity index (χ1) is 8.20. The zero-order valence-electron chi connectivity index (χ0n) is 8.99. The van der Waals surface area contributed by atoms with Crippen LogP contribution in [-0.4, -0.2) is 0 Å². The van der Waals surface area contributed by atoms with Crippen LogP contribution in [0.5, 0.6) is 11.5 Å². The molecule has 0 heterocycles. The first-order valence-corrected chi connectivity index (χ1v) is 5.91. The minimum atomic E-state index is -0.403. The average Bonchev–Trinajstić information content (AvgIpc) is 2.34. The lowest BCUT2D eigenvalue weighted by Gasteiger charge is -2.10. The fourth-order valence-corrected chi connectivity index (χ4v) is 1.79. The molecule has 17 heavy (non-hydrogen) atoms. The van der Waals surface area contributed by atoms with E-state index < -0.39 is 5.82 Å². The fraction of sp³-hybridized carbons (Fsp3) is 0.0769. The van der Waals surface area contributed by atoms with Crippen LogP contribution in [0.3, 0.4) is 0 Å². The summed E-state index contributed by atoms with van der Waals surface area (Å²) < 4.78 is 19.8. The Balaban J connectivity index is 2.34. The summed E-state index contributed by atoms with van der Waals surface area (Å²) in [4.78, 5) is 0. The monoisotopic (exact) mass is 295 g/mol. The maximum Gasteiger partial charge on any atom is 0.165 e. The second-order valence-corrected chi connectivity index (χ2v) is 4.40. The number of hydrogen-bond donors (Lipinski definition) is 1. The van der Waals surface area contributed by atoms with E-state index >= 15 is 0 Å². The summed E-state index contributed by atoms with van der Waals surface area (Å²) in [5.74, 6) is 0.354. The van der Waals surface area contributed by atoms with E-state index in [9.17, 15) is 4.39 Å². The molecule has 0 unspecified atom stereocenters. The maximum atomic E-state index is 13.5. The molecule has 2 rings (SSSR count). The summed E-state index contributed by atoms with van der Waals surface area (Å²) >= 11 is 3.27. The van der Waals surface area contributed by atoms with Gasteiger partial charge >= 0.3 is 0 Å². The van der Waals surface area contributed by atoms with Crippen molar-refractivity contribution in [3.05, 3.63) is 58.3 Å². The second-order valence-electron chi connectivity index (χ2n) is 3.49. The van der Waals surface area contributed by atoms with E-state index in [-0.39, 0.29) is 5.75 Å². The van der Waals surface area contributed by atoms with E-state index in [1.54, 1.807) is 18.2 Å². The van der Waals surface area contributed by atoms with Crippen LogP contribution in [0.15, 0.2) is 46.9 Å². The minimum absolute atomic E-state index is 0.181. The summed E-state index contributed by atoms with van der Waals surface area (Å²) in [7, 11) is 0. The number of para-hydroxylation sites is 1. The van der Waals surface area contributed by atoms with Gasteiger partial charge in [0, 0.05) is 16.6 Å². The highest BCUT2D eigenvalue weighted by Crippen LogP contribution is 2.29. The average molecular weight is 296 g/mol. The van der Waals surface area contributed by atoms with E-state index in [0.29, 0.717) is 12.3 Å². The van der Waals surface area contributed by atoms with Gasteiger partial charge in [-0.25, -0.2) is 4.39 Å². The topological polar surface area (TPSA) is 35.2 Å². The Hall–Kier alpha value is -1.39. The van der Waals surface area contributed by atoms with Crippen molar-refractivity contribution < 1.29 is 9.13 Å². The number of hydrogen-bond acceptors (Lipinski definition) is 2. The van der Waals surface area contributed by atoms with Gasteiger partial charge < -0.3 is 10.5 Å². The van der Waals surface area contributed by atoms with Gasteiger partial charge in [0.1, 0.15) is 5.75 Å². The van der Waals surface area contributed by atoms with Crippen molar-refractivity contribution in [1.82, 2.24) is 0 Å². The summed E-state index contributed by atoms with van der Waals surface area (Å²) in [5.41, 5.74) is 6.43. The molecule has 0 aliphatic heterocycles. The molecule has 0 atom stereocenters. The minimum Gasteiger partial charge on any atom is -0.454 e. The van der Waals surface area contributed by atoms with Gasteiger partial charge in [-0.05, 0) is 24.3 Å². The first-order valence-electron chi connectivity index (χ1n) is 5.11. The van der Waals surface area contributed by atoms with Crippen LogP contribution >= 0.6 is 15.9 Å². The molecule has 88 valence electrons. The fourth-order valence-electron chi connectivity index (χ4n) is 1.45. The molecule has 2 aromatic carbocycles. The predicted octanol–water partition coefficient (Wildman–Crippen LogP) is 3.84. The molecular weight excluding hydrogens is 285 g/mol. The van der Waals surface area contributed by atoms with Crippen molar-refractivity contribution in [1.29, 1.82) is 0 Å². The zero-order chi connectivity index (χ0) is 12.3. The standard InChI is InChI=1S/C13H11BrFNO/c14-10-5-6-11(15)13(7-10)17-12-4-2-1-3-9(12)8-16/h1-7H,8,16H2. The van der Waals surface area contributed by atoms with Crippen molar-refractivity contribution in [2.75, 3.05) is 0 Å². The third-order valence-corrected chi connectivity index (χ3v) is 2.80. The van der Waals surface area contributed by atoms with Crippen molar-refractivity contribution in [3.63, 3.8) is 0 Å². The Morgan fingerprint density at radius 1 is 1.12 bits per heavy atom. The molecule has 2 aromatic rings. The number of ether oxygens (including phenoxy) is 1. The number of halogens is 2. The Bertz CT molecular complexity index is 531. The molecule has 0 aromatic heterocycles. The van der Waals surface area contributed by atoms with E-state index in [1.165, 1.54) is 6.07 Å². The summed E-state index contributed by atoms with van der Waals surface area (Å²) in [5, 5.41) is 0. The van der Waals surface area contributed by atoms with Crippen molar-refractivity contribution in [2.45, 2.75) is 6.54 Å². The first kappa shape index (κ1) is 12.1. The lowest BCUT2D eigenvalue weighted by molar-refractivity contribution is 0.437. The van der Waals surface area contributed by atoms with Crippen LogP contribution in [0.2, 0.25) is 0 Å². The highest BCUT2D eigenvalue weighted by molar-refractivity contribution is 9.10. The Morgan fingerprint density at radius 3 is 2.65 bits per heavy atom. The van der Waals surface area contributed by atoms with Gasteiger partial charge in [0.2, 0.25) is 0 Å². The number of nitrogens with two attached hydrogens (primary N) is 1. The van der Waals surface area contributed by atoms with Gasteiger partial charge in [-0.2, -0.15) is 0 Å². The summed E-state index contributed by atoms with van der Waals surface area (Å²) in [6, 6.07) is 11.9.